The highest BCUT2D eigenvalue weighted by Crippen LogP contribution is 1.97. The van der Waals surface area contributed by atoms with Crippen molar-refractivity contribution in [2.24, 2.45) is 0 Å². The average molecular weight is 146 g/mol. The first-order valence-electron chi connectivity index (χ1n) is 3.36. The van der Waals surface area contributed by atoms with Crippen molar-refractivity contribution in [1.29, 1.82) is 0 Å². The van der Waals surface area contributed by atoms with E-state index in [9.17, 15) is 0 Å². The van der Waals surface area contributed by atoms with Crippen LogP contribution in [0.2, 0.25) is 0 Å². The molecule has 0 aliphatic rings. The molecule has 0 fully saturated rings. The Morgan fingerprint density at radius 1 is 1.56 bits per heavy atom. The maximum absolute atomic E-state index is 5.22. The van der Waals surface area contributed by atoms with E-state index in [1.54, 1.807) is 0 Å². The zero-order chi connectivity index (χ0) is 7.28. The number of hydrogen-bond donors (Lipinski definition) is 0. The summed E-state index contributed by atoms with van der Waals surface area (Å²) in [5.41, 5.74) is 0. The van der Waals surface area contributed by atoms with E-state index in [1.807, 2.05) is 13.8 Å². The molecule has 0 unspecified atom stereocenters. The van der Waals surface area contributed by atoms with E-state index in [0.29, 0.717) is 0 Å². The Hall–Kier alpha value is -0.110. The van der Waals surface area contributed by atoms with Crippen molar-refractivity contribution in [2.75, 3.05) is 0 Å². The number of rotatable bonds is 3. The summed E-state index contributed by atoms with van der Waals surface area (Å²) in [6.07, 6.45) is 2.23. The van der Waals surface area contributed by atoms with Crippen molar-refractivity contribution in [3.8, 4) is 0 Å². The molecule has 0 saturated heterocycles. The first kappa shape index (κ1) is 8.89. The van der Waals surface area contributed by atoms with E-state index in [4.69, 9.17) is 17.0 Å². The third-order valence-electron chi connectivity index (χ3n) is 0.821. The minimum atomic E-state index is 0.240. The van der Waals surface area contributed by atoms with Crippen molar-refractivity contribution in [3.05, 3.63) is 0 Å². The third kappa shape index (κ3) is 5.77. The van der Waals surface area contributed by atoms with Crippen LogP contribution in [0.5, 0.6) is 0 Å². The van der Waals surface area contributed by atoms with E-state index in [1.165, 1.54) is 0 Å². The Balaban J connectivity index is 3.27. The van der Waals surface area contributed by atoms with Crippen LogP contribution in [0.4, 0.5) is 0 Å². The molecule has 0 spiro atoms. The minimum Gasteiger partial charge on any atom is -0.484 e. The second-order valence-corrected chi connectivity index (χ2v) is 2.74. The van der Waals surface area contributed by atoms with Crippen LogP contribution in [0.1, 0.15) is 33.6 Å². The summed E-state index contributed by atoms with van der Waals surface area (Å²) in [6, 6.07) is 0. The molecule has 0 aromatic rings. The second kappa shape index (κ2) is 4.74. The van der Waals surface area contributed by atoms with Gasteiger partial charge in [0.15, 0.2) is 5.05 Å². The van der Waals surface area contributed by atoms with Gasteiger partial charge in [0.05, 0.1) is 6.10 Å². The van der Waals surface area contributed by atoms with Gasteiger partial charge in [0, 0.05) is 6.42 Å². The molecule has 0 saturated carbocycles. The van der Waals surface area contributed by atoms with Crippen LogP contribution >= 0.6 is 12.2 Å². The van der Waals surface area contributed by atoms with Gasteiger partial charge in [0.1, 0.15) is 0 Å². The van der Waals surface area contributed by atoms with Crippen molar-refractivity contribution in [2.45, 2.75) is 39.7 Å². The highest BCUT2D eigenvalue weighted by atomic mass is 32.1. The monoisotopic (exact) mass is 146 g/mol. The smallest absolute Gasteiger partial charge is 0.160 e. The molecule has 0 rings (SSSR count). The molecule has 0 aliphatic carbocycles. The summed E-state index contributed by atoms with van der Waals surface area (Å²) >= 11 is 4.91. The quantitative estimate of drug-likeness (QED) is 0.566. The highest BCUT2D eigenvalue weighted by Gasteiger charge is 1.97. The van der Waals surface area contributed by atoms with Gasteiger partial charge in [-0.3, -0.25) is 0 Å². The molecule has 0 aliphatic heterocycles. The number of ether oxygens (including phenoxy) is 1. The lowest BCUT2D eigenvalue weighted by Gasteiger charge is -2.08. The largest absolute Gasteiger partial charge is 0.484 e. The zero-order valence-electron chi connectivity index (χ0n) is 6.31. The molecular formula is C7H14OS. The van der Waals surface area contributed by atoms with Crippen LogP contribution in [-0.4, -0.2) is 11.2 Å². The minimum absolute atomic E-state index is 0.240. The SMILES string of the molecule is CCCC(=S)OC(C)C. The van der Waals surface area contributed by atoms with Gasteiger partial charge in [-0.05, 0) is 32.5 Å². The molecule has 1 nitrogen and oxygen atoms in total. The van der Waals surface area contributed by atoms with Gasteiger partial charge >= 0.3 is 0 Å². The summed E-state index contributed by atoms with van der Waals surface area (Å²) in [5.74, 6) is 0. The Morgan fingerprint density at radius 3 is 2.44 bits per heavy atom. The lowest BCUT2D eigenvalue weighted by molar-refractivity contribution is 0.228. The van der Waals surface area contributed by atoms with Crippen LogP contribution in [0.3, 0.4) is 0 Å². The van der Waals surface area contributed by atoms with Gasteiger partial charge in [0.2, 0.25) is 0 Å². The molecule has 0 aromatic heterocycles. The topological polar surface area (TPSA) is 9.23 Å². The van der Waals surface area contributed by atoms with Crippen molar-refractivity contribution >= 4 is 17.3 Å². The second-order valence-electron chi connectivity index (χ2n) is 2.29. The predicted molar refractivity (Wildman–Crippen MR) is 43.7 cm³/mol. The molecule has 0 atom stereocenters. The van der Waals surface area contributed by atoms with Gasteiger partial charge in [-0.1, -0.05) is 6.92 Å². The van der Waals surface area contributed by atoms with Crippen molar-refractivity contribution < 1.29 is 4.74 Å². The summed E-state index contributed by atoms with van der Waals surface area (Å²) in [5, 5.41) is 0.743. The van der Waals surface area contributed by atoms with E-state index in [-0.39, 0.29) is 6.10 Å². The Bertz CT molecular complexity index is 88.9. The maximum Gasteiger partial charge on any atom is 0.160 e. The lowest BCUT2D eigenvalue weighted by Crippen LogP contribution is -2.08. The molecule has 0 radical (unpaired) electrons. The molecule has 0 amide bonds. The fraction of sp³-hybridized carbons (Fsp3) is 0.857. The molecule has 0 heterocycles. The van der Waals surface area contributed by atoms with Gasteiger partial charge in [0.25, 0.3) is 0 Å². The Kier molecular flexibility index (Phi) is 4.68. The standard InChI is InChI=1S/C7H14OS/c1-4-5-7(9)8-6(2)3/h6H,4-5H2,1-3H3. The molecule has 54 valence electrons. The Labute approximate surface area is 62.4 Å². The predicted octanol–water partition coefficient (Wildman–Crippen LogP) is 2.54. The van der Waals surface area contributed by atoms with E-state index >= 15 is 0 Å². The first-order chi connectivity index (χ1) is 4.16. The van der Waals surface area contributed by atoms with E-state index in [2.05, 4.69) is 6.92 Å². The van der Waals surface area contributed by atoms with Gasteiger partial charge in [-0.2, -0.15) is 0 Å². The normalized spacial score (nSPS) is 9.78. The van der Waals surface area contributed by atoms with Crippen molar-refractivity contribution in [1.82, 2.24) is 0 Å². The van der Waals surface area contributed by atoms with E-state index < -0.39 is 0 Å². The van der Waals surface area contributed by atoms with Crippen LogP contribution < -0.4 is 0 Å². The number of hydrogen-bond acceptors (Lipinski definition) is 2. The fourth-order valence-corrected chi connectivity index (χ4v) is 0.923. The molecule has 0 bridgehead atoms. The van der Waals surface area contributed by atoms with Crippen molar-refractivity contribution in [3.63, 3.8) is 0 Å². The van der Waals surface area contributed by atoms with Crippen LogP contribution in [0, 0.1) is 0 Å². The average Bonchev–Trinajstić information content (AvgIpc) is 1.63. The summed E-state index contributed by atoms with van der Waals surface area (Å²) in [4.78, 5) is 0. The molecule has 9 heavy (non-hydrogen) atoms. The summed E-state index contributed by atoms with van der Waals surface area (Å²) in [6.45, 7) is 6.07. The van der Waals surface area contributed by atoms with Gasteiger partial charge in [-0.15, -0.1) is 0 Å². The zero-order valence-corrected chi connectivity index (χ0v) is 7.12. The van der Waals surface area contributed by atoms with Crippen LogP contribution in [0.15, 0.2) is 0 Å². The Morgan fingerprint density at radius 2 is 2.11 bits per heavy atom. The first-order valence-corrected chi connectivity index (χ1v) is 3.77. The third-order valence-corrected chi connectivity index (χ3v) is 1.12. The van der Waals surface area contributed by atoms with Crippen LogP contribution in [0.25, 0.3) is 0 Å². The highest BCUT2D eigenvalue weighted by molar-refractivity contribution is 7.80. The number of thiocarbonyl (C=S) groups is 1. The van der Waals surface area contributed by atoms with Gasteiger partial charge < -0.3 is 4.74 Å². The lowest BCUT2D eigenvalue weighted by atomic mass is 10.3. The molecule has 0 N–H and O–H groups in total. The summed E-state index contributed by atoms with van der Waals surface area (Å²) < 4.78 is 5.22. The molecular weight excluding hydrogens is 132 g/mol. The molecule has 0 aromatic carbocycles. The van der Waals surface area contributed by atoms with E-state index in [0.717, 1.165) is 17.9 Å². The summed E-state index contributed by atoms with van der Waals surface area (Å²) in [7, 11) is 0. The van der Waals surface area contributed by atoms with Gasteiger partial charge in [-0.25, -0.2) is 0 Å². The maximum atomic E-state index is 5.22. The molecule has 2 heteroatoms. The van der Waals surface area contributed by atoms with Crippen LogP contribution in [-0.2, 0) is 4.74 Å². The fourth-order valence-electron chi connectivity index (χ4n) is 0.526.